The quantitative estimate of drug-likeness (QED) is 0.278. The highest BCUT2D eigenvalue weighted by Crippen LogP contribution is 2.32. The van der Waals surface area contributed by atoms with E-state index in [2.05, 4.69) is 15.6 Å². The summed E-state index contributed by atoms with van der Waals surface area (Å²) in [5, 5.41) is 6.19. The number of carbonyl (C=O) groups is 1. The number of nitrogens with zero attached hydrogens (tertiary/aromatic N) is 2. The van der Waals surface area contributed by atoms with Crippen molar-refractivity contribution >= 4 is 35.8 Å². The van der Waals surface area contributed by atoms with Crippen molar-refractivity contribution in [1.29, 1.82) is 0 Å². The Morgan fingerprint density at radius 2 is 1.93 bits per heavy atom. The largest absolute Gasteiger partial charge is 0.454 e. The Morgan fingerprint density at radius 3 is 2.59 bits per heavy atom. The van der Waals surface area contributed by atoms with E-state index in [1.807, 2.05) is 57.8 Å². The van der Waals surface area contributed by atoms with Crippen molar-refractivity contribution in [3.63, 3.8) is 0 Å². The van der Waals surface area contributed by atoms with Crippen LogP contribution in [0.4, 0.5) is 0 Å². The van der Waals surface area contributed by atoms with Crippen LogP contribution in [0.2, 0.25) is 0 Å². The third kappa shape index (κ3) is 7.08. The number of carbonyl (C=O) groups excluding carboxylic acids is 1. The van der Waals surface area contributed by atoms with E-state index in [1.54, 1.807) is 0 Å². The van der Waals surface area contributed by atoms with Crippen LogP contribution in [0.1, 0.15) is 33.3 Å². The molecule has 2 N–H and O–H groups in total. The molecule has 152 valence electrons. The van der Waals surface area contributed by atoms with Crippen LogP contribution in [-0.4, -0.2) is 50.2 Å². The zero-order valence-electron chi connectivity index (χ0n) is 16.8. The first-order valence-corrected chi connectivity index (χ1v) is 8.97. The lowest BCUT2D eigenvalue weighted by molar-refractivity contribution is -0.128. The maximum Gasteiger partial charge on any atom is 0.231 e. The molecule has 1 heterocycles. The number of hydrogen-bond acceptors (Lipinski definition) is 4. The summed E-state index contributed by atoms with van der Waals surface area (Å²) >= 11 is 0. The van der Waals surface area contributed by atoms with Gasteiger partial charge < -0.3 is 25.0 Å². The Morgan fingerprint density at radius 1 is 1.22 bits per heavy atom. The summed E-state index contributed by atoms with van der Waals surface area (Å²) in [7, 11) is 1.99. The van der Waals surface area contributed by atoms with E-state index in [4.69, 9.17) is 9.47 Å². The first kappa shape index (κ1) is 23.3. The van der Waals surface area contributed by atoms with E-state index >= 15 is 0 Å². The van der Waals surface area contributed by atoms with Gasteiger partial charge in [-0.05, 0) is 24.6 Å². The van der Waals surface area contributed by atoms with Gasteiger partial charge in [0.2, 0.25) is 12.7 Å². The average Bonchev–Trinajstić information content (AvgIpc) is 3.04. The highest BCUT2D eigenvalue weighted by molar-refractivity contribution is 14.0. The lowest BCUT2D eigenvalue weighted by Gasteiger charge is -2.22. The molecule has 1 aliphatic rings. The normalized spacial score (nSPS) is 13.0. The molecule has 1 aliphatic heterocycles. The molecule has 1 amide bonds. The van der Waals surface area contributed by atoms with Crippen LogP contribution in [0.3, 0.4) is 0 Å². The zero-order valence-corrected chi connectivity index (χ0v) is 19.1. The monoisotopic (exact) mass is 490 g/mol. The van der Waals surface area contributed by atoms with Gasteiger partial charge in [-0.1, -0.05) is 26.8 Å². The standard InChI is InChI=1S/C19H30N4O3.HI/c1-6-20-18(22-10-9-21-17(24)19(2,3)4)23(5)12-14-7-8-15-16(11-14)26-13-25-15;/h7-8,11H,6,9-10,12-13H2,1-5H3,(H,20,22)(H,21,24);1H. The van der Waals surface area contributed by atoms with Gasteiger partial charge in [-0.25, -0.2) is 0 Å². The first-order valence-electron chi connectivity index (χ1n) is 8.97. The summed E-state index contributed by atoms with van der Waals surface area (Å²) < 4.78 is 10.8. The fourth-order valence-corrected chi connectivity index (χ4v) is 2.45. The van der Waals surface area contributed by atoms with E-state index in [9.17, 15) is 4.79 Å². The van der Waals surface area contributed by atoms with Crippen LogP contribution in [0.25, 0.3) is 0 Å². The van der Waals surface area contributed by atoms with Crippen molar-refractivity contribution in [2.75, 3.05) is 33.5 Å². The minimum Gasteiger partial charge on any atom is -0.454 e. The van der Waals surface area contributed by atoms with Gasteiger partial charge in [-0.3, -0.25) is 9.79 Å². The second kappa shape index (κ2) is 10.6. The lowest BCUT2D eigenvalue weighted by Crippen LogP contribution is -2.40. The van der Waals surface area contributed by atoms with Gasteiger partial charge in [-0.15, -0.1) is 24.0 Å². The molecule has 8 heteroatoms. The van der Waals surface area contributed by atoms with Gasteiger partial charge >= 0.3 is 0 Å². The number of fused-ring (bicyclic) bond motifs is 1. The SMILES string of the molecule is CCNC(=NCCNC(=O)C(C)(C)C)N(C)Cc1ccc2c(c1)OCO2.I. The Hall–Kier alpha value is -1.71. The molecule has 7 nitrogen and oxygen atoms in total. The summed E-state index contributed by atoms with van der Waals surface area (Å²) in [6.07, 6.45) is 0. The third-order valence-electron chi connectivity index (χ3n) is 3.89. The molecule has 0 radical (unpaired) electrons. The molecule has 0 atom stereocenters. The van der Waals surface area contributed by atoms with E-state index in [0.29, 0.717) is 19.6 Å². The van der Waals surface area contributed by atoms with Gasteiger partial charge in [0.15, 0.2) is 17.5 Å². The number of ether oxygens (including phenoxy) is 2. The maximum absolute atomic E-state index is 11.9. The molecule has 0 saturated heterocycles. The van der Waals surface area contributed by atoms with Gasteiger partial charge in [0.05, 0.1) is 6.54 Å². The fourth-order valence-electron chi connectivity index (χ4n) is 2.45. The summed E-state index contributed by atoms with van der Waals surface area (Å²) in [5.41, 5.74) is 0.730. The summed E-state index contributed by atoms with van der Waals surface area (Å²) in [4.78, 5) is 18.5. The highest BCUT2D eigenvalue weighted by atomic mass is 127. The Bertz CT molecular complexity index is 659. The number of amides is 1. The van der Waals surface area contributed by atoms with E-state index in [-0.39, 0.29) is 42.1 Å². The fraction of sp³-hybridized carbons (Fsp3) is 0.579. The van der Waals surface area contributed by atoms with Crippen molar-refractivity contribution in [1.82, 2.24) is 15.5 Å². The minimum atomic E-state index is -0.385. The molecule has 0 spiro atoms. The lowest BCUT2D eigenvalue weighted by atomic mass is 9.96. The van der Waals surface area contributed by atoms with Crippen molar-refractivity contribution in [2.24, 2.45) is 10.4 Å². The second-order valence-electron chi connectivity index (χ2n) is 7.29. The summed E-state index contributed by atoms with van der Waals surface area (Å²) in [6, 6.07) is 5.95. The number of guanidine groups is 1. The van der Waals surface area contributed by atoms with Crippen molar-refractivity contribution < 1.29 is 14.3 Å². The molecular formula is C19H31IN4O3. The van der Waals surface area contributed by atoms with Crippen molar-refractivity contribution in [3.05, 3.63) is 23.8 Å². The molecule has 2 rings (SSSR count). The van der Waals surface area contributed by atoms with Gasteiger partial charge in [0.25, 0.3) is 0 Å². The second-order valence-corrected chi connectivity index (χ2v) is 7.29. The van der Waals surface area contributed by atoms with Gasteiger partial charge in [0.1, 0.15) is 0 Å². The van der Waals surface area contributed by atoms with E-state index < -0.39 is 0 Å². The van der Waals surface area contributed by atoms with Crippen molar-refractivity contribution in [3.8, 4) is 11.5 Å². The maximum atomic E-state index is 11.9. The van der Waals surface area contributed by atoms with Crippen LogP contribution in [0, 0.1) is 5.41 Å². The summed E-state index contributed by atoms with van der Waals surface area (Å²) in [5.74, 6) is 2.40. The first-order chi connectivity index (χ1) is 12.3. The topological polar surface area (TPSA) is 75.2 Å². The molecule has 0 bridgehead atoms. The van der Waals surface area contributed by atoms with Gasteiger partial charge in [-0.2, -0.15) is 0 Å². The number of aliphatic imine (C=N–C) groups is 1. The Balaban J connectivity index is 0.00000364. The molecule has 1 aromatic rings. The molecule has 0 unspecified atom stereocenters. The predicted octanol–water partition coefficient (Wildman–Crippen LogP) is 2.59. The highest BCUT2D eigenvalue weighted by Gasteiger charge is 2.20. The van der Waals surface area contributed by atoms with Crippen LogP contribution in [0.5, 0.6) is 11.5 Å². The molecule has 1 aromatic carbocycles. The predicted molar refractivity (Wildman–Crippen MR) is 118 cm³/mol. The van der Waals surface area contributed by atoms with Gasteiger partial charge in [0, 0.05) is 32.1 Å². The molecule has 27 heavy (non-hydrogen) atoms. The number of rotatable bonds is 6. The van der Waals surface area contributed by atoms with E-state index in [0.717, 1.165) is 29.6 Å². The van der Waals surface area contributed by atoms with Crippen LogP contribution in [-0.2, 0) is 11.3 Å². The van der Waals surface area contributed by atoms with Crippen LogP contribution < -0.4 is 20.1 Å². The van der Waals surface area contributed by atoms with E-state index in [1.165, 1.54) is 0 Å². The Kier molecular flexibility index (Phi) is 9.14. The third-order valence-corrected chi connectivity index (χ3v) is 3.89. The molecular weight excluding hydrogens is 459 g/mol. The summed E-state index contributed by atoms with van der Waals surface area (Å²) in [6.45, 7) is 10.5. The molecule has 0 fully saturated rings. The average molecular weight is 490 g/mol. The molecule has 0 aromatic heterocycles. The number of halogens is 1. The molecule has 0 saturated carbocycles. The zero-order chi connectivity index (χ0) is 19.2. The van der Waals surface area contributed by atoms with Crippen molar-refractivity contribution in [2.45, 2.75) is 34.2 Å². The minimum absolute atomic E-state index is 0. The number of nitrogens with one attached hydrogen (secondary N) is 2. The van der Waals surface area contributed by atoms with Crippen LogP contribution in [0.15, 0.2) is 23.2 Å². The number of hydrogen-bond donors (Lipinski definition) is 2. The number of benzene rings is 1. The van der Waals surface area contributed by atoms with Crippen LogP contribution >= 0.6 is 24.0 Å². The smallest absolute Gasteiger partial charge is 0.231 e. The Labute approximate surface area is 178 Å². The molecule has 0 aliphatic carbocycles.